The van der Waals surface area contributed by atoms with Crippen LogP contribution in [0.4, 0.5) is 0 Å². The number of benzene rings is 3. The van der Waals surface area contributed by atoms with E-state index in [0.29, 0.717) is 12.1 Å². The van der Waals surface area contributed by atoms with Crippen LogP contribution in [0.5, 0.6) is 0 Å². The first-order chi connectivity index (χ1) is 15.7. The van der Waals surface area contributed by atoms with Crippen LogP contribution in [0.1, 0.15) is 27.5 Å². The Morgan fingerprint density at radius 3 is 2.53 bits per heavy atom. The average molecular weight is 422 g/mol. The van der Waals surface area contributed by atoms with Crippen molar-refractivity contribution in [2.45, 2.75) is 6.04 Å². The van der Waals surface area contributed by atoms with Gasteiger partial charge in [0.05, 0.1) is 11.7 Å². The second kappa shape index (κ2) is 8.19. The molecule has 0 aliphatic carbocycles. The summed E-state index contributed by atoms with van der Waals surface area (Å²) < 4.78 is 0. The van der Waals surface area contributed by atoms with Gasteiger partial charge in [0.1, 0.15) is 6.54 Å². The van der Waals surface area contributed by atoms with Gasteiger partial charge >= 0.3 is 0 Å². The van der Waals surface area contributed by atoms with E-state index in [9.17, 15) is 9.59 Å². The maximum Gasteiger partial charge on any atom is 0.255 e. The Kier molecular flexibility index (Phi) is 5.07. The number of hydrogen-bond acceptors (Lipinski definition) is 2. The van der Waals surface area contributed by atoms with Gasteiger partial charge in [-0.1, -0.05) is 72.8 Å². The maximum absolute atomic E-state index is 13.4. The molecule has 0 fully saturated rings. The van der Waals surface area contributed by atoms with Gasteiger partial charge in [0.25, 0.3) is 5.91 Å². The van der Waals surface area contributed by atoms with Gasteiger partial charge in [-0.2, -0.15) is 0 Å². The van der Waals surface area contributed by atoms with Gasteiger partial charge < -0.3 is 15.2 Å². The molecule has 158 valence electrons. The third kappa shape index (κ3) is 3.28. The first-order valence-electron chi connectivity index (χ1n) is 10.6. The minimum atomic E-state index is -0.375. The van der Waals surface area contributed by atoms with Gasteiger partial charge in [0.2, 0.25) is 5.91 Å². The molecule has 1 atom stereocenters. The summed E-state index contributed by atoms with van der Waals surface area (Å²) >= 11 is 0. The molecule has 0 saturated heterocycles. The summed E-state index contributed by atoms with van der Waals surface area (Å²) in [5.41, 5.74) is 5.54. The number of para-hydroxylation sites is 1. The van der Waals surface area contributed by atoms with Crippen molar-refractivity contribution in [3.05, 3.63) is 108 Å². The van der Waals surface area contributed by atoms with E-state index in [-0.39, 0.29) is 24.4 Å². The quantitative estimate of drug-likeness (QED) is 0.444. The van der Waals surface area contributed by atoms with Crippen molar-refractivity contribution >= 4 is 22.7 Å². The molecule has 0 radical (unpaired) electrons. The summed E-state index contributed by atoms with van der Waals surface area (Å²) in [7, 11) is 0. The van der Waals surface area contributed by atoms with E-state index in [2.05, 4.69) is 35.1 Å². The van der Waals surface area contributed by atoms with Crippen LogP contribution >= 0.6 is 0 Å². The topological polar surface area (TPSA) is 65.2 Å². The van der Waals surface area contributed by atoms with Gasteiger partial charge in [-0.15, -0.1) is 6.58 Å². The molecule has 1 aliphatic heterocycles. The number of aromatic amines is 1. The zero-order chi connectivity index (χ0) is 22.1. The molecule has 5 rings (SSSR count). The van der Waals surface area contributed by atoms with Crippen molar-refractivity contribution in [3.8, 4) is 11.3 Å². The Balaban J connectivity index is 1.71. The highest BCUT2D eigenvalue weighted by Crippen LogP contribution is 2.45. The normalized spacial score (nSPS) is 15.1. The van der Waals surface area contributed by atoms with Gasteiger partial charge in [0, 0.05) is 28.6 Å². The van der Waals surface area contributed by atoms with Crippen LogP contribution in [0.3, 0.4) is 0 Å². The maximum atomic E-state index is 13.4. The fourth-order valence-corrected chi connectivity index (χ4v) is 4.52. The first-order valence-corrected chi connectivity index (χ1v) is 10.6. The highest BCUT2D eigenvalue weighted by molar-refractivity contribution is 6.03. The van der Waals surface area contributed by atoms with Gasteiger partial charge in [-0.05, 0) is 23.3 Å². The molecule has 1 aromatic heterocycles. The fourth-order valence-electron chi connectivity index (χ4n) is 4.52. The largest absolute Gasteiger partial charge is 0.354 e. The molecule has 2 heterocycles. The van der Waals surface area contributed by atoms with Gasteiger partial charge in [-0.3, -0.25) is 9.59 Å². The molecule has 0 saturated carbocycles. The Morgan fingerprint density at radius 2 is 1.72 bits per heavy atom. The van der Waals surface area contributed by atoms with E-state index in [4.69, 9.17) is 0 Å². The van der Waals surface area contributed by atoms with Crippen LogP contribution in [0.2, 0.25) is 0 Å². The molecular formula is C27H23N3O2. The van der Waals surface area contributed by atoms with E-state index < -0.39 is 0 Å². The lowest BCUT2D eigenvalue weighted by Crippen LogP contribution is -2.39. The standard InChI is InChI=1S/C27H23N3O2/c1-2-16-28-23(31)17-30-26(19-12-6-7-13-20(19)27(30)32)24-21-14-8-9-15-22(21)29-25(24)18-10-4-3-5-11-18/h2-15,26,29H,1,16-17H2,(H,28,31). The summed E-state index contributed by atoms with van der Waals surface area (Å²) in [6.07, 6.45) is 1.63. The van der Waals surface area contributed by atoms with Crippen LogP contribution in [-0.4, -0.2) is 34.8 Å². The number of rotatable bonds is 6. The number of nitrogens with one attached hydrogen (secondary N) is 2. The SMILES string of the molecule is C=CCNC(=O)CN1C(=O)c2ccccc2C1c1c(-c2ccccc2)[nH]c2ccccc12. The van der Waals surface area contributed by atoms with E-state index >= 15 is 0 Å². The van der Waals surface area contributed by atoms with Gasteiger partial charge in [-0.25, -0.2) is 0 Å². The van der Waals surface area contributed by atoms with Crippen LogP contribution in [0, 0.1) is 0 Å². The second-order valence-electron chi connectivity index (χ2n) is 7.84. The van der Waals surface area contributed by atoms with E-state index in [0.717, 1.165) is 33.3 Å². The van der Waals surface area contributed by atoms with E-state index in [1.165, 1.54) is 0 Å². The molecule has 0 spiro atoms. The van der Waals surface area contributed by atoms with E-state index in [1.54, 1.807) is 11.0 Å². The molecule has 3 aromatic carbocycles. The molecule has 5 nitrogen and oxygen atoms in total. The molecule has 0 bridgehead atoms. The number of fused-ring (bicyclic) bond motifs is 2. The van der Waals surface area contributed by atoms with Crippen molar-refractivity contribution in [2.75, 3.05) is 13.1 Å². The van der Waals surface area contributed by atoms with Crippen molar-refractivity contribution < 1.29 is 9.59 Å². The smallest absolute Gasteiger partial charge is 0.255 e. The molecule has 2 amide bonds. The Hall–Kier alpha value is -4.12. The van der Waals surface area contributed by atoms with Gasteiger partial charge in [0.15, 0.2) is 0 Å². The van der Waals surface area contributed by atoms with Crippen molar-refractivity contribution in [2.24, 2.45) is 0 Å². The zero-order valence-corrected chi connectivity index (χ0v) is 17.5. The Bertz CT molecular complexity index is 1320. The lowest BCUT2D eigenvalue weighted by atomic mass is 9.93. The number of nitrogens with zero attached hydrogens (tertiary/aromatic N) is 1. The predicted molar refractivity (Wildman–Crippen MR) is 126 cm³/mol. The highest BCUT2D eigenvalue weighted by atomic mass is 16.2. The number of aromatic nitrogens is 1. The zero-order valence-electron chi connectivity index (χ0n) is 17.5. The van der Waals surface area contributed by atoms with Crippen molar-refractivity contribution in [1.82, 2.24) is 15.2 Å². The van der Waals surface area contributed by atoms with Crippen LogP contribution < -0.4 is 5.32 Å². The second-order valence-corrected chi connectivity index (χ2v) is 7.84. The summed E-state index contributed by atoms with van der Waals surface area (Å²) in [5, 5.41) is 3.84. The van der Waals surface area contributed by atoms with Crippen molar-refractivity contribution in [3.63, 3.8) is 0 Å². The number of hydrogen-bond donors (Lipinski definition) is 2. The van der Waals surface area contributed by atoms with Crippen LogP contribution in [0.15, 0.2) is 91.5 Å². The monoisotopic (exact) mass is 421 g/mol. The van der Waals surface area contributed by atoms with Crippen molar-refractivity contribution in [1.29, 1.82) is 0 Å². The lowest BCUT2D eigenvalue weighted by Gasteiger charge is -2.26. The molecule has 1 unspecified atom stereocenters. The first kappa shape index (κ1) is 19.8. The third-order valence-electron chi connectivity index (χ3n) is 5.90. The minimum absolute atomic E-state index is 0.0280. The molecular weight excluding hydrogens is 398 g/mol. The highest BCUT2D eigenvalue weighted by Gasteiger charge is 2.40. The van der Waals surface area contributed by atoms with Crippen LogP contribution in [-0.2, 0) is 4.79 Å². The lowest BCUT2D eigenvalue weighted by molar-refractivity contribution is -0.121. The predicted octanol–water partition coefficient (Wildman–Crippen LogP) is 4.68. The number of carbonyl (C=O) groups is 2. The van der Waals surface area contributed by atoms with E-state index in [1.807, 2.05) is 60.7 Å². The summed E-state index contributed by atoms with van der Waals surface area (Å²) in [4.78, 5) is 31.3. The number of carbonyl (C=O) groups excluding carboxylic acids is 2. The third-order valence-corrected chi connectivity index (χ3v) is 5.90. The molecule has 32 heavy (non-hydrogen) atoms. The number of H-pyrrole nitrogens is 1. The summed E-state index contributed by atoms with van der Waals surface area (Å²) in [5.74, 6) is -0.346. The fraction of sp³-hybridized carbons (Fsp3) is 0.111. The average Bonchev–Trinajstić information content (AvgIpc) is 3.34. The summed E-state index contributed by atoms with van der Waals surface area (Å²) in [6, 6.07) is 25.4. The Morgan fingerprint density at radius 1 is 1.00 bits per heavy atom. The molecule has 4 aromatic rings. The molecule has 1 aliphatic rings. The number of amides is 2. The minimum Gasteiger partial charge on any atom is -0.354 e. The molecule has 2 N–H and O–H groups in total. The Labute approximate surface area is 186 Å². The van der Waals surface area contributed by atoms with Crippen LogP contribution in [0.25, 0.3) is 22.2 Å². The molecule has 5 heteroatoms. The summed E-state index contributed by atoms with van der Waals surface area (Å²) in [6.45, 7) is 3.98.